The highest BCUT2D eigenvalue weighted by atomic mass is 32.2. The number of thioether (sulfide) groups is 1. The monoisotopic (exact) mass is 330 g/mol. The summed E-state index contributed by atoms with van der Waals surface area (Å²) in [7, 11) is 0. The van der Waals surface area contributed by atoms with Crippen LogP contribution in [-0.4, -0.2) is 23.2 Å². The molecule has 23 heavy (non-hydrogen) atoms. The molecular formula is C18H22N2O2S. The third kappa shape index (κ3) is 4.16. The topological polar surface area (TPSA) is 50.7 Å². The van der Waals surface area contributed by atoms with E-state index in [1.54, 1.807) is 0 Å². The Hall–Kier alpha value is -1.75. The van der Waals surface area contributed by atoms with Crippen LogP contribution in [0.5, 0.6) is 5.75 Å². The number of amidine groups is 1. The summed E-state index contributed by atoms with van der Waals surface area (Å²) in [5.74, 6) is 0.718. The van der Waals surface area contributed by atoms with E-state index in [0.29, 0.717) is 10.9 Å². The first-order valence-electron chi connectivity index (χ1n) is 8.16. The molecule has 122 valence electrons. The predicted octanol–water partition coefficient (Wildman–Crippen LogP) is 3.98. The number of carbonyl (C=O) groups excluding carboxylic acids is 1. The summed E-state index contributed by atoms with van der Waals surface area (Å²) in [5, 5.41) is 3.61. The van der Waals surface area contributed by atoms with E-state index in [9.17, 15) is 4.79 Å². The number of aliphatic imine (C=N–C) groups is 1. The van der Waals surface area contributed by atoms with Gasteiger partial charge in [-0.25, -0.2) is 0 Å². The fourth-order valence-corrected chi connectivity index (χ4v) is 3.67. The van der Waals surface area contributed by atoms with Gasteiger partial charge in [-0.15, -0.1) is 0 Å². The van der Waals surface area contributed by atoms with Gasteiger partial charge in [0.25, 0.3) is 5.91 Å². The molecule has 1 aliphatic carbocycles. The van der Waals surface area contributed by atoms with Gasteiger partial charge in [-0.2, -0.15) is 0 Å². The molecule has 3 rings (SSSR count). The second-order valence-corrected chi connectivity index (χ2v) is 7.17. The first-order chi connectivity index (χ1) is 11.1. The van der Waals surface area contributed by atoms with Gasteiger partial charge >= 0.3 is 0 Å². The second-order valence-electron chi connectivity index (χ2n) is 6.14. The number of rotatable bonds is 4. The van der Waals surface area contributed by atoms with E-state index in [-0.39, 0.29) is 12.0 Å². The molecule has 0 spiro atoms. The highest BCUT2D eigenvalue weighted by Crippen LogP contribution is 2.31. The number of ether oxygens (including phenoxy) is 1. The van der Waals surface area contributed by atoms with Gasteiger partial charge < -0.3 is 10.1 Å². The molecule has 2 fully saturated rings. The molecule has 2 aliphatic rings. The smallest absolute Gasteiger partial charge is 0.264 e. The van der Waals surface area contributed by atoms with Crippen molar-refractivity contribution in [3.8, 4) is 5.75 Å². The number of nitrogens with one attached hydrogen (secondary N) is 1. The third-order valence-electron chi connectivity index (χ3n) is 3.84. The number of amides is 1. The summed E-state index contributed by atoms with van der Waals surface area (Å²) < 4.78 is 5.81. The highest BCUT2D eigenvalue weighted by Gasteiger charge is 2.26. The molecule has 1 N–H and O–H groups in total. The largest absolute Gasteiger partial charge is 0.490 e. The maximum Gasteiger partial charge on any atom is 0.264 e. The van der Waals surface area contributed by atoms with Crippen molar-refractivity contribution >= 4 is 28.9 Å². The second kappa shape index (κ2) is 7.21. The van der Waals surface area contributed by atoms with Gasteiger partial charge in [0, 0.05) is 5.56 Å². The summed E-state index contributed by atoms with van der Waals surface area (Å²) in [4.78, 5) is 17.5. The van der Waals surface area contributed by atoms with Crippen molar-refractivity contribution in [3.63, 3.8) is 0 Å². The molecule has 5 heteroatoms. The molecule has 1 aromatic rings. The minimum atomic E-state index is -0.0777. The van der Waals surface area contributed by atoms with Gasteiger partial charge in [-0.05, 0) is 50.6 Å². The quantitative estimate of drug-likeness (QED) is 0.850. The van der Waals surface area contributed by atoms with Gasteiger partial charge in [-0.1, -0.05) is 31.0 Å². The fraction of sp³-hybridized carbons (Fsp3) is 0.444. The van der Waals surface area contributed by atoms with Crippen LogP contribution in [0.2, 0.25) is 0 Å². The van der Waals surface area contributed by atoms with Gasteiger partial charge in [0.05, 0.1) is 17.1 Å². The van der Waals surface area contributed by atoms with Gasteiger partial charge in [-0.3, -0.25) is 9.79 Å². The number of nitrogens with zero attached hydrogens (tertiary/aromatic N) is 1. The summed E-state index contributed by atoms with van der Waals surface area (Å²) in [6.45, 7) is 3.99. The van der Waals surface area contributed by atoms with Crippen molar-refractivity contribution in [2.24, 2.45) is 4.99 Å². The van der Waals surface area contributed by atoms with Gasteiger partial charge in [0.2, 0.25) is 0 Å². The Labute approximate surface area is 141 Å². The SMILES string of the molecule is CC(C)Oc1ccccc1/C=C1/SC(=NC2CCCC2)NC1=O. The lowest BCUT2D eigenvalue weighted by Crippen LogP contribution is -2.21. The highest BCUT2D eigenvalue weighted by molar-refractivity contribution is 8.18. The minimum absolute atomic E-state index is 0.0777. The lowest BCUT2D eigenvalue weighted by Gasteiger charge is -2.12. The molecule has 1 saturated carbocycles. The molecule has 0 radical (unpaired) electrons. The van der Waals surface area contributed by atoms with E-state index >= 15 is 0 Å². The van der Waals surface area contributed by atoms with Crippen LogP contribution in [-0.2, 0) is 4.79 Å². The maximum atomic E-state index is 12.2. The number of carbonyl (C=O) groups is 1. The van der Waals surface area contributed by atoms with Crippen LogP contribution >= 0.6 is 11.8 Å². The van der Waals surface area contributed by atoms with E-state index in [1.807, 2.05) is 44.2 Å². The van der Waals surface area contributed by atoms with Crippen LogP contribution < -0.4 is 10.1 Å². The zero-order valence-electron chi connectivity index (χ0n) is 13.5. The number of benzene rings is 1. The zero-order chi connectivity index (χ0) is 16.2. The lowest BCUT2D eigenvalue weighted by molar-refractivity contribution is -0.115. The molecule has 0 aromatic heterocycles. The van der Waals surface area contributed by atoms with Crippen LogP contribution in [0.15, 0.2) is 34.2 Å². The molecule has 0 atom stereocenters. The first-order valence-corrected chi connectivity index (χ1v) is 8.98. The summed E-state index contributed by atoms with van der Waals surface area (Å²) in [6, 6.07) is 8.15. The Bertz CT molecular complexity index is 646. The normalized spacial score (nSPS) is 22.3. The Balaban J connectivity index is 1.79. The number of para-hydroxylation sites is 1. The van der Waals surface area contributed by atoms with E-state index < -0.39 is 0 Å². The Morgan fingerprint density at radius 1 is 1.30 bits per heavy atom. The predicted molar refractivity (Wildman–Crippen MR) is 95.6 cm³/mol. The zero-order valence-corrected chi connectivity index (χ0v) is 14.4. The number of hydrogen-bond acceptors (Lipinski definition) is 4. The van der Waals surface area contributed by atoms with Crippen LogP contribution in [0.1, 0.15) is 45.1 Å². The Morgan fingerprint density at radius 2 is 2.04 bits per heavy atom. The fourth-order valence-electron chi connectivity index (χ4n) is 2.79. The van der Waals surface area contributed by atoms with E-state index in [4.69, 9.17) is 4.74 Å². The van der Waals surface area contributed by atoms with E-state index in [2.05, 4.69) is 10.3 Å². The van der Waals surface area contributed by atoms with Crippen molar-refractivity contribution in [1.29, 1.82) is 0 Å². The Morgan fingerprint density at radius 3 is 2.78 bits per heavy atom. The van der Waals surface area contributed by atoms with Crippen molar-refractivity contribution < 1.29 is 9.53 Å². The van der Waals surface area contributed by atoms with Crippen molar-refractivity contribution in [2.75, 3.05) is 0 Å². The molecule has 1 aromatic carbocycles. The summed E-state index contributed by atoms with van der Waals surface area (Å²) >= 11 is 1.42. The standard InChI is InChI=1S/C18H22N2O2S/c1-12(2)22-15-10-6-3-7-13(15)11-16-17(21)20-18(23-16)19-14-8-4-5-9-14/h3,6-7,10-12,14H,4-5,8-9H2,1-2H3,(H,19,20,21)/b16-11+. The van der Waals surface area contributed by atoms with Crippen LogP contribution in [0.4, 0.5) is 0 Å². The molecule has 1 saturated heterocycles. The van der Waals surface area contributed by atoms with Crippen molar-refractivity contribution in [3.05, 3.63) is 34.7 Å². The van der Waals surface area contributed by atoms with Gasteiger partial charge in [0.15, 0.2) is 5.17 Å². The average molecular weight is 330 g/mol. The molecule has 1 aliphatic heterocycles. The molecule has 0 bridgehead atoms. The van der Waals surface area contributed by atoms with E-state index in [1.165, 1.54) is 24.6 Å². The molecule has 1 heterocycles. The van der Waals surface area contributed by atoms with Crippen molar-refractivity contribution in [2.45, 2.75) is 51.7 Å². The summed E-state index contributed by atoms with van der Waals surface area (Å²) in [6.07, 6.45) is 6.72. The maximum absolute atomic E-state index is 12.2. The molecule has 1 amide bonds. The molecule has 0 unspecified atom stereocenters. The van der Waals surface area contributed by atoms with Crippen LogP contribution in [0, 0.1) is 0 Å². The van der Waals surface area contributed by atoms with Gasteiger partial charge in [0.1, 0.15) is 5.75 Å². The van der Waals surface area contributed by atoms with Crippen molar-refractivity contribution in [1.82, 2.24) is 5.32 Å². The minimum Gasteiger partial charge on any atom is -0.490 e. The molecule has 4 nitrogen and oxygen atoms in total. The molecular weight excluding hydrogens is 308 g/mol. The van der Waals surface area contributed by atoms with Crippen LogP contribution in [0.25, 0.3) is 6.08 Å². The third-order valence-corrected chi connectivity index (χ3v) is 4.77. The summed E-state index contributed by atoms with van der Waals surface area (Å²) in [5.41, 5.74) is 0.918. The lowest BCUT2D eigenvalue weighted by atomic mass is 10.2. The number of hydrogen-bond donors (Lipinski definition) is 1. The van der Waals surface area contributed by atoms with E-state index in [0.717, 1.165) is 29.3 Å². The van der Waals surface area contributed by atoms with Crippen LogP contribution in [0.3, 0.4) is 0 Å². The Kier molecular flexibility index (Phi) is 5.06. The first kappa shape index (κ1) is 16.1. The average Bonchev–Trinajstić information content (AvgIpc) is 3.11.